The molecule has 0 bridgehead atoms. The highest BCUT2D eigenvalue weighted by atomic mass is 16.2. The van der Waals surface area contributed by atoms with Gasteiger partial charge in [-0.1, -0.05) is 5.11 Å². The number of nitrogens with two attached hydrogens (primary N) is 2. The van der Waals surface area contributed by atoms with Crippen molar-refractivity contribution in [3.63, 3.8) is 0 Å². The number of rotatable bonds is 2. The minimum absolute atomic E-state index is 0.664. The third kappa shape index (κ3) is 3.29. The zero-order chi connectivity index (χ0) is 9.07. The van der Waals surface area contributed by atoms with Crippen LogP contribution in [0.2, 0.25) is 0 Å². The summed E-state index contributed by atoms with van der Waals surface area (Å²) in [6.07, 6.45) is 0. The first-order chi connectivity index (χ1) is 4.86. The van der Waals surface area contributed by atoms with Gasteiger partial charge >= 0.3 is 6.03 Å². The van der Waals surface area contributed by atoms with E-state index in [0.29, 0.717) is 0 Å². The number of carbonyl (C=O) groups excluding carboxylic acids is 2. The molecule has 0 rings (SSSR count). The molecular weight excluding hydrogens is 148 g/mol. The van der Waals surface area contributed by atoms with Gasteiger partial charge < -0.3 is 11.5 Å². The van der Waals surface area contributed by atoms with Crippen LogP contribution in [0.1, 0.15) is 13.8 Å². The zero-order valence-corrected chi connectivity index (χ0v) is 6.37. The minimum Gasteiger partial charge on any atom is -0.368 e. The van der Waals surface area contributed by atoms with Gasteiger partial charge in [0.25, 0.3) is 0 Å². The number of azo groups is 1. The lowest BCUT2D eigenvalue weighted by atomic mass is 10.1. The second-order valence-electron chi connectivity index (χ2n) is 2.46. The van der Waals surface area contributed by atoms with Gasteiger partial charge in [-0.2, -0.15) is 5.11 Å². The normalized spacial score (nSPS) is 11.8. The number of hydrogen-bond acceptors (Lipinski definition) is 3. The Morgan fingerprint density at radius 2 is 1.73 bits per heavy atom. The van der Waals surface area contributed by atoms with Crippen LogP contribution in [-0.4, -0.2) is 17.5 Å². The molecule has 0 aliphatic carbocycles. The molecule has 4 N–H and O–H groups in total. The van der Waals surface area contributed by atoms with E-state index >= 15 is 0 Å². The van der Waals surface area contributed by atoms with Gasteiger partial charge in [0, 0.05) is 0 Å². The number of primary amides is 2. The third-order valence-corrected chi connectivity index (χ3v) is 1.00. The second-order valence-corrected chi connectivity index (χ2v) is 2.46. The molecule has 0 unspecified atom stereocenters. The van der Waals surface area contributed by atoms with Crippen LogP contribution < -0.4 is 11.5 Å². The van der Waals surface area contributed by atoms with Crippen molar-refractivity contribution in [2.24, 2.45) is 21.7 Å². The number of urea groups is 1. The Morgan fingerprint density at radius 3 is 2.00 bits per heavy atom. The molecule has 6 nitrogen and oxygen atoms in total. The molecule has 0 fully saturated rings. The first kappa shape index (κ1) is 9.54. The monoisotopic (exact) mass is 158 g/mol. The predicted molar refractivity (Wildman–Crippen MR) is 37.7 cm³/mol. The van der Waals surface area contributed by atoms with Crippen LogP contribution >= 0.6 is 0 Å². The van der Waals surface area contributed by atoms with E-state index in [1.54, 1.807) is 0 Å². The summed E-state index contributed by atoms with van der Waals surface area (Å²) in [5, 5.41) is 6.31. The van der Waals surface area contributed by atoms with E-state index in [1.165, 1.54) is 13.8 Å². The smallest absolute Gasteiger partial charge is 0.356 e. The van der Waals surface area contributed by atoms with Crippen LogP contribution in [-0.2, 0) is 4.79 Å². The van der Waals surface area contributed by atoms with E-state index in [9.17, 15) is 9.59 Å². The maximum atomic E-state index is 10.5. The van der Waals surface area contributed by atoms with E-state index in [4.69, 9.17) is 5.73 Å². The van der Waals surface area contributed by atoms with Crippen LogP contribution in [0.5, 0.6) is 0 Å². The van der Waals surface area contributed by atoms with Crippen molar-refractivity contribution in [3.8, 4) is 0 Å². The van der Waals surface area contributed by atoms with Gasteiger partial charge in [0.2, 0.25) is 5.91 Å². The average molecular weight is 158 g/mol. The summed E-state index contributed by atoms with van der Waals surface area (Å²) >= 11 is 0. The Balaban J connectivity index is 4.35. The Kier molecular flexibility index (Phi) is 2.68. The number of carbonyl (C=O) groups is 2. The number of amides is 3. The van der Waals surface area contributed by atoms with Crippen molar-refractivity contribution in [3.05, 3.63) is 0 Å². The van der Waals surface area contributed by atoms with Crippen molar-refractivity contribution in [2.75, 3.05) is 0 Å². The van der Waals surface area contributed by atoms with Gasteiger partial charge in [-0.25, -0.2) is 4.79 Å². The molecule has 0 heterocycles. The molecule has 0 radical (unpaired) electrons. The topological polar surface area (TPSA) is 111 Å². The molecule has 6 heteroatoms. The fourth-order valence-corrected chi connectivity index (χ4v) is 0.224. The van der Waals surface area contributed by atoms with Gasteiger partial charge in [-0.3, -0.25) is 4.79 Å². The van der Waals surface area contributed by atoms with Crippen LogP contribution in [0, 0.1) is 0 Å². The second kappa shape index (κ2) is 3.09. The summed E-state index contributed by atoms with van der Waals surface area (Å²) in [7, 11) is 0. The molecule has 0 aliphatic rings. The highest BCUT2D eigenvalue weighted by Crippen LogP contribution is 2.07. The SMILES string of the molecule is CC(C)(N=NC(N)=O)C(N)=O. The van der Waals surface area contributed by atoms with Crippen molar-refractivity contribution < 1.29 is 9.59 Å². The molecule has 0 aromatic rings. The summed E-state index contributed by atoms with van der Waals surface area (Å²) in [6.45, 7) is 2.86. The quantitative estimate of drug-likeness (QED) is 0.541. The largest absolute Gasteiger partial charge is 0.368 e. The molecule has 0 spiro atoms. The lowest BCUT2D eigenvalue weighted by molar-refractivity contribution is -0.122. The highest BCUT2D eigenvalue weighted by molar-refractivity contribution is 5.84. The summed E-state index contributed by atoms with van der Waals surface area (Å²) in [5.41, 5.74) is 8.39. The van der Waals surface area contributed by atoms with E-state index in [0.717, 1.165) is 0 Å². The Morgan fingerprint density at radius 1 is 1.27 bits per heavy atom. The van der Waals surface area contributed by atoms with Gasteiger partial charge in [0.15, 0.2) is 5.54 Å². The first-order valence-electron chi connectivity index (χ1n) is 2.88. The Bertz CT molecular complexity index is 209. The third-order valence-electron chi connectivity index (χ3n) is 1.00. The van der Waals surface area contributed by atoms with Crippen molar-refractivity contribution in [1.82, 2.24) is 0 Å². The molecule has 0 aromatic heterocycles. The Labute approximate surface area is 63.6 Å². The molecule has 3 amide bonds. The van der Waals surface area contributed by atoms with E-state index < -0.39 is 17.5 Å². The average Bonchev–Trinajstić information content (AvgIpc) is 1.84. The predicted octanol–water partition coefficient (Wildman–Crippen LogP) is -0.219. The fraction of sp³-hybridized carbons (Fsp3) is 0.600. The number of hydrogen-bond donors (Lipinski definition) is 2. The summed E-state index contributed by atoms with van der Waals surface area (Å²) in [6, 6.07) is -0.945. The van der Waals surface area contributed by atoms with Crippen molar-refractivity contribution in [1.29, 1.82) is 0 Å². The molecule has 11 heavy (non-hydrogen) atoms. The molecule has 0 saturated carbocycles. The van der Waals surface area contributed by atoms with Crippen LogP contribution in [0.25, 0.3) is 0 Å². The van der Waals surface area contributed by atoms with Gasteiger partial charge in [0.1, 0.15) is 0 Å². The standard InChI is InChI=1S/C5H10N4O2/c1-5(2,3(6)10)9-8-4(7)11/h1-2H3,(H2,6,10)(H2,7,11). The first-order valence-corrected chi connectivity index (χ1v) is 2.88. The number of nitrogens with zero attached hydrogens (tertiary/aromatic N) is 2. The van der Waals surface area contributed by atoms with Crippen molar-refractivity contribution >= 4 is 11.9 Å². The van der Waals surface area contributed by atoms with Gasteiger partial charge in [-0.05, 0) is 13.8 Å². The molecule has 0 aromatic carbocycles. The van der Waals surface area contributed by atoms with Gasteiger partial charge in [0.05, 0.1) is 0 Å². The molecule has 0 aliphatic heterocycles. The summed E-state index contributed by atoms with van der Waals surface area (Å²) in [4.78, 5) is 20.6. The molecule has 62 valence electrons. The van der Waals surface area contributed by atoms with E-state index in [-0.39, 0.29) is 0 Å². The molecule has 0 atom stereocenters. The minimum atomic E-state index is -1.17. The van der Waals surface area contributed by atoms with Gasteiger partial charge in [-0.15, -0.1) is 0 Å². The van der Waals surface area contributed by atoms with Crippen LogP contribution in [0.3, 0.4) is 0 Å². The highest BCUT2D eigenvalue weighted by Gasteiger charge is 2.24. The van der Waals surface area contributed by atoms with E-state index in [1.807, 2.05) is 0 Å². The fourth-order valence-electron chi connectivity index (χ4n) is 0.224. The van der Waals surface area contributed by atoms with Crippen LogP contribution in [0.15, 0.2) is 10.2 Å². The Hall–Kier alpha value is -1.46. The maximum Gasteiger partial charge on any atom is 0.356 e. The van der Waals surface area contributed by atoms with E-state index in [2.05, 4.69) is 16.0 Å². The molecular formula is C5H10N4O2. The van der Waals surface area contributed by atoms with Crippen LogP contribution in [0.4, 0.5) is 4.79 Å². The zero-order valence-electron chi connectivity index (χ0n) is 6.37. The van der Waals surface area contributed by atoms with Crippen molar-refractivity contribution in [2.45, 2.75) is 19.4 Å². The summed E-state index contributed by atoms with van der Waals surface area (Å²) < 4.78 is 0. The molecule has 0 saturated heterocycles. The maximum absolute atomic E-state index is 10.5. The lowest BCUT2D eigenvalue weighted by Gasteiger charge is -2.10. The summed E-state index contributed by atoms with van der Waals surface area (Å²) in [5.74, 6) is -0.664. The lowest BCUT2D eigenvalue weighted by Crippen LogP contribution is -2.36.